The van der Waals surface area contributed by atoms with Gasteiger partial charge in [-0.25, -0.2) is 0 Å². The van der Waals surface area contributed by atoms with E-state index in [1.54, 1.807) is 18.3 Å². The van der Waals surface area contributed by atoms with Gasteiger partial charge in [-0.05, 0) is 0 Å². The van der Waals surface area contributed by atoms with Gasteiger partial charge in [0.2, 0.25) is 5.78 Å². The largest absolute Gasteiger partial charge is 0.287 e. The molecule has 0 aliphatic carbocycles. The fourth-order valence-corrected chi connectivity index (χ4v) is 1.92. The minimum atomic E-state index is -0.0973. The molecule has 0 spiro atoms. The molecule has 0 radical (unpaired) electrons. The van der Waals surface area contributed by atoms with Gasteiger partial charge in [0, 0.05) is 16.3 Å². The molecular weight excluding hydrogens is 224 g/mol. The number of benzene rings is 2. The molecule has 0 saturated carbocycles. The maximum absolute atomic E-state index is 12.4. The molecule has 1 heterocycles. The van der Waals surface area contributed by atoms with Gasteiger partial charge in [0.05, 0.1) is 6.20 Å². The van der Waals surface area contributed by atoms with Crippen molar-refractivity contribution in [2.24, 2.45) is 0 Å². The van der Waals surface area contributed by atoms with Crippen molar-refractivity contribution in [1.29, 1.82) is 0 Å². The van der Waals surface area contributed by atoms with Crippen molar-refractivity contribution in [2.45, 2.75) is 0 Å². The third kappa shape index (κ3) is 1.76. The second-order valence-corrected chi connectivity index (χ2v) is 3.98. The smallest absolute Gasteiger partial charge is 0.213 e. The second-order valence-electron chi connectivity index (χ2n) is 3.98. The Hall–Kier alpha value is -2.55. The third-order valence-electron chi connectivity index (χ3n) is 2.82. The molecule has 0 atom stereocenters. The van der Waals surface area contributed by atoms with Crippen LogP contribution in [0.4, 0.5) is 0 Å². The first-order valence-corrected chi connectivity index (χ1v) is 5.66. The first-order chi connectivity index (χ1) is 8.86. The molecule has 3 rings (SSSR count). The summed E-state index contributed by atoms with van der Waals surface area (Å²) in [5.41, 5.74) is 1.03. The van der Waals surface area contributed by atoms with E-state index >= 15 is 0 Å². The van der Waals surface area contributed by atoms with Gasteiger partial charge in [-0.3, -0.25) is 4.79 Å². The summed E-state index contributed by atoms with van der Waals surface area (Å²) < 4.78 is 0. The molecule has 3 nitrogen and oxygen atoms in total. The number of aromatic nitrogens is 2. The molecule has 18 heavy (non-hydrogen) atoms. The van der Waals surface area contributed by atoms with E-state index in [-0.39, 0.29) is 5.78 Å². The van der Waals surface area contributed by atoms with Crippen molar-refractivity contribution in [3.63, 3.8) is 0 Å². The normalized spacial score (nSPS) is 10.4. The van der Waals surface area contributed by atoms with Crippen LogP contribution in [0.3, 0.4) is 0 Å². The zero-order valence-electron chi connectivity index (χ0n) is 9.58. The van der Waals surface area contributed by atoms with Gasteiger partial charge in [0.25, 0.3) is 0 Å². The average Bonchev–Trinajstić information content (AvgIpc) is 2.47. The lowest BCUT2D eigenvalue weighted by atomic mass is 10.0. The molecule has 86 valence electrons. The number of ketones is 1. The SMILES string of the molecule is O=C(c1ccccc1)c1nncc2ccccc12. The Labute approximate surface area is 104 Å². The Kier molecular flexibility index (Phi) is 2.57. The number of hydrogen-bond acceptors (Lipinski definition) is 3. The number of nitrogens with zero attached hydrogens (tertiary/aromatic N) is 2. The quantitative estimate of drug-likeness (QED) is 0.640. The molecule has 3 heteroatoms. The monoisotopic (exact) mass is 234 g/mol. The predicted molar refractivity (Wildman–Crippen MR) is 69.4 cm³/mol. The van der Waals surface area contributed by atoms with Crippen LogP contribution in [0.2, 0.25) is 0 Å². The summed E-state index contributed by atoms with van der Waals surface area (Å²) in [6.45, 7) is 0. The number of fused-ring (bicyclic) bond motifs is 1. The number of hydrogen-bond donors (Lipinski definition) is 0. The highest BCUT2D eigenvalue weighted by atomic mass is 16.1. The number of rotatable bonds is 2. The molecule has 2 aromatic carbocycles. The first-order valence-electron chi connectivity index (χ1n) is 5.66. The van der Waals surface area contributed by atoms with Crippen LogP contribution in [0.15, 0.2) is 60.8 Å². The summed E-state index contributed by atoms with van der Waals surface area (Å²) in [6.07, 6.45) is 1.66. The van der Waals surface area contributed by atoms with Crippen LogP contribution in [0.25, 0.3) is 10.8 Å². The summed E-state index contributed by atoms with van der Waals surface area (Å²) in [4.78, 5) is 12.4. The minimum absolute atomic E-state index is 0.0973. The fraction of sp³-hybridized carbons (Fsp3) is 0. The highest BCUT2D eigenvalue weighted by molar-refractivity contribution is 6.14. The van der Waals surface area contributed by atoms with Gasteiger partial charge >= 0.3 is 0 Å². The molecular formula is C15H10N2O. The van der Waals surface area contributed by atoms with Crippen LogP contribution in [0, 0.1) is 0 Å². The highest BCUT2D eigenvalue weighted by Gasteiger charge is 2.13. The molecule has 0 saturated heterocycles. The molecule has 0 amide bonds. The van der Waals surface area contributed by atoms with E-state index in [1.807, 2.05) is 42.5 Å². The van der Waals surface area contributed by atoms with Crippen LogP contribution in [0.1, 0.15) is 16.1 Å². The average molecular weight is 234 g/mol. The van der Waals surface area contributed by atoms with Gasteiger partial charge in [-0.2, -0.15) is 5.10 Å². The predicted octanol–water partition coefficient (Wildman–Crippen LogP) is 2.86. The Balaban J connectivity index is 2.18. The summed E-state index contributed by atoms with van der Waals surface area (Å²) in [6, 6.07) is 16.7. The van der Waals surface area contributed by atoms with Crippen molar-refractivity contribution in [2.75, 3.05) is 0 Å². The Bertz CT molecular complexity index is 703. The summed E-state index contributed by atoms with van der Waals surface area (Å²) in [5.74, 6) is -0.0973. The van der Waals surface area contributed by atoms with Gasteiger partial charge in [-0.15, -0.1) is 5.10 Å². The third-order valence-corrected chi connectivity index (χ3v) is 2.82. The van der Waals surface area contributed by atoms with Crippen LogP contribution < -0.4 is 0 Å². The van der Waals surface area contributed by atoms with E-state index in [0.717, 1.165) is 10.8 Å². The van der Waals surface area contributed by atoms with E-state index in [0.29, 0.717) is 11.3 Å². The molecule has 0 N–H and O–H groups in total. The van der Waals surface area contributed by atoms with Crippen molar-refractivity contribution < 1.29 is 4.79 Å². The topological polar surface area (TPSA) is 42.9 Å². The lowest BCUT2D eigenvalue weighted by molar-refractivity contribution is 0.103. The van der Waals surface area contributed by atoms with Crippen molar-refractivity contribution >= 4 is 16.6 Å². The molecule has 0 aliphatic heterocycles. The van der Waals surface area contributed by atoms with Crippen LogP contribution in [-0.2, 0) is 0 Å². The zero-order valence-corrected chi connectivity index (χ0v) is 9.58. The van der Waals surface area contributed by atoms with Gasteiger partial charge in [0.15, 0.2) is 0 Å². The van der Waals surface area contributed by atoms with Crippen LogP contribution in [-0.4, -0.2) is 16.0 Å². The second kappa shape index (κ2) is 4.37. The van der Waals surface area contributed by atoms with Crippen molar-refractivity contribution in [3.05, 3.63) is 72.1 Å². The molecule has 1 aromatic heterocycles. The van der Waals surface area contributed by atoms with Gasteiger partial charge in [-0.1, -0.05) is 54.6 Å². The van der Waals surface area contributed by atoms with E-state index in [2.05, 4.69) is 10.2 Å². The highest BCUT2D eigenvalue weighted by Crippen LogP contribution is 2.18. The number of carbonyl (C=O) groups excluding carboxylic acids is 1. The Morgan fingerprint density at radius 3 is 2.44 bits per heavy atom. The molecule has 0 bridgehead atoms. The minimum Gasteiger partial charge on any atom is -0.287 e. The van der Waals surface area contributed by atoms with E-state index in [9.17, 15) is 4.79 Å². The molecule has 0 unspecified atom stereocenters. The van der Waals surface area contributed by atoms with E-state index in [4.69, 9.17) is 0 Å². The molecule has 0 aliphatic rings. The maximum Gasteiger partial charge on any atom is 0.213 e. The van der Waals surface area contributed by atoms with Crippen molar-refractivity contribution in [1.82, 2.24) is 10.2 Å². The summed E-state index contributed by atoms with van der Waals surface area (Å²) in [7, 11) is 0. The molecule has 3 aromatic rings. The van der Waals surface area contributed by atoms with Crippen LogP contribution in [0.5, 0.6) is 0 Å². The Morgan fingerprint density at radius 1 is 0.889 bits per heavy atom. The fourth-order valence-electron chi connectivity index (χ4n) is 1.92. The standard InChI is InChI=1S/C15H10N2O/c18-15(11-6-2-1-3-7-11)14-13-9-5-4-8-12(13)10-16-17-14/h1-10H. The molecule has 0 fully saturated rings. The maximum atomic E-state index is 12.4. The first kappa shape index (κ1) is 10.6. The summed E-state index contributed by atoms with van der Waals surface area (Å²) >= 11 is 0. The van der Waals surface area contributed by atoms with Crippen LogP contribution >= 0.6 is 0 Å². The van der Waals surface area contributed by atoms with E-state index in [1.165, 1.54) is 0 Å². The van der Waals surface area contributed by atoms with Crippen molar-refractivity contribution in [3.8, 4) is 0 Å². The van der Waals surface area contributed by atoms with Gasteiger partial charge < -0.3 is 0 Å². The van der Waals surface area contributed by atoms with Gasteiger partial charge in [0.1, 0.15) is 5.69 Å². The van der Waals surface area contributed by atoms with E-state index < -0.39 is 0 Å². The zero-order chi connectivity index (χ0) is 12.4. The summed E-state index contributed by atoms with van der Waals surface area (Å²) in [5, 5.41) is 9.63. The Morgan fingerprint density at radius 2 is 1.61 bits per heavy atom. The lowest BCUT2D eigenvalue weighted by Crippen LogP contribution is -2.05. The number of carbonyl (C=O) groups is 1. The lowest BCUT2D eigenvalue weighted by Gasteiger charge is -2.03.